The third-order valence-corrected chi connectivity index (χ3v) is 8.10. The van der Waals surface area contributed by atoms with Crippen molar-refractivity contribution >= 4 is 23.5 Å². The van der Waals surface area contributed by atoms with Gasteiger partial charge in [0.25, 0.3) is 0 Å². The lowest BCUT2D eigenvalue weighted by atomic mass is 10.0. The van der Waals surface area contributed by atoms with Gasteiger partial charge in [-0.2, -0.15) is 0 Å². The van der Waals surface area contributed by atoms with Gasteiger partial charge >= 0.3 is 5.97 Å². The zero-order valence-corrected chi connectivity index (χ0v) is 25.3. The molecule has 234 valence electrons. The van der Waals surface area contributed by atoms with Crippen molar-refractivity contribution in [2.24, 2.45) is 5.92 Å². The maximum absolute atomic E-state index is 13.5. The summed E-state index contributed by atoms with van der Waals surface area (Å²) < 4.78 is 12.0. The summed E-state index contributed by atoms with van der Waals surface area (Å²) >= 11 is 0. The van der Waals surface area contributed by atoms with Crippen molar-refractivity contribution in [2.45, 2.75) is 45.4 Å². The van der Waals surface area contributed by atoms with Gasteiger partial charge in [0.15, 0.2) is 0 Å². The Bertz CT molecular complexity index is 1250. The van der Waals surface area contributed by atoms with Crippen LogP contribution in [0, 0.1) is 5.92 Å². The van der Waals surface area contributed by atoms with E-state index < -0.39 is 5.97 Å². The van der Waals surface area contributed by atoms with Gasteiger partial charge in [-0.05, 0) is 49.9 Å². The summed E-state index contributed by atoms with van der Waals surface area (Å²) in [5.41, 5.74) is 2.50. The molecule has 1 saturated heterocycles. The molecule has 3 N–H and O–H groups in total. The zero-order chi connectivity index (χ0) is 30.9. The number of aliphatic hydroxyl groups is 1. The molecule has 11 nitrogen and oxygen atoms in total. The number of amides is 2. The van der Waals surface area contributed by atoms with Gasteiger partial charge in [-0.25, -0.2) is 4.79 Å². The van der Waals surface area contributed by atoms with Gasteiger partial charge in [0.05, 0.1) is 37.8 Å². The van der Waals surface area contributed by atoms with E-state index in [0.717, 1.165) is 18.7 Å². The second-order valence-corrected chi connectivity index (χ2v) is 11.7. The van der Waals surface area contributed by atoms with Crippen molar-refractivity contribution in [3.8, 4) is 5.75 Å². The first-order valence-corrected chi connectivity index (χ1v) is 14.9. The Balaban J connectivity index is 1.49. The first kappa shape index (κ1) is 32.4. The molecule has 11 heteroatoms. The van der Waals surface area contributed by atoms with Crippen LogP contribution in [0.25, 0.3) is 0 Å². The number of fused-ring (bicyclic) bond motifs is 1. The van der Waals surface area contributed by atoms with Gasteiger partial charge in [0.1, 0.15) is 11.9 Å². The fraction of sp³-hybridized carbons (Fsp3) is 0.531. The molecule has 3 atom stereocenters. The van der Waals surface area contributed by atoms with E-state index in [1.165, 1.54) is 0 Å². The number of anilines is 1. The van der Waals surface area contributed by atoms with E-state index >= 15 is 0 Å². The maximum atomic E-state index is 13.5. The highest BCUT2D eigenvalue weighted by Crippen LogP contribution is 2.29. The predicted octanol–water partition coefficient (Wildman–Crippen LogP) is 2.33. The second kappa shape index (κ2) is 15.3. The number of aromatic carboxylic acids is 1. The highest BCUT2D eigenvalue weighted by Gasteiger charge is 2.31. The van der Waals surface area contributed by atoms with Crippen molar-refractivity contribution in [1.29, 1.82) is 0 Å². The molecule has 2 heterocycles. The Morgan fingerprint density at radius 1 is 1.14 bits per heavy atom. The number of nitrogens with zero attached hydrogens (tertiary/aromatic N) is 3. The number of hydrogen-bond acceptors (Lipinski definition) is 8. The molecule has 0 spiro atoms. The number of benzene rings is 2. The first-order chi connectivity index (χ1) is 20.6. The number of likely N-dealkylation sites (N-methyl/N-ethyl adjacent to an activating group) is 1. The number of carboxylic acid groups (broad SMARTS) is 1. The maximum Gasteiger partial charge on any atom is 0.335 e. The van der Waals surface area contributed by atoms with Crippen LogP contribution in [-0.2, 0) is 27.3 Å². The summed E-state index contributed by atoms with van der Waals surface area (Å²) in [5.74, 6) is -0.629. The van der Waals surface area contributed by atoms with Crippen LogP contribution in [0.15, 0.2) is 42.5 Å². The summed E-state index contributed by atoms with van der Waals surface area (Å²) in [7, 11) is 1.98. The number of rotatable bonds is 11. The summed E-state index contributed by atoms with van der Waals surface area (Å²) in [4.78, 5) is 43.5. The van der Waals surface area contributed by atoms with E-state index in [0.29, 0.717) is 62.8 Å². The quantitative estimate of drug-likeness (QED) is 0.358. The first-order valence-electron chi connectivity index (χ1n) is 14.9. The van der Waals surface area contributed by atoms with Crippen LogP contribution in [0.4, 0.5) is 5.69 Å². The Hall–Kier alpha value is -3.51. The Kier molecular flexibility index (Phi) is 11.5. The molecule has 1 fully saturated rings. The van der Waals surface area contributed by atoms with Crippen LogP contribution in [-0.4, -0.2) is 114 Å². The van der Waals surface area contributed by atoms with Gasteiger partial charge < -0.3 is 29.9 Å². The number of carboxylic acids is 1. The molecule has 0 radical (unpaired) electrons. The summed E-state index contributed by atoms with van der Waals surface area (Å²) in [5, 5.41) is 22.1. The molecule has 2 aromatic carbocycles. The lowest BCUT2D eigenvalue weighted by Crippen LogP contribution is -2.47. The van der Waals surface area contributed by atoms with Crippen molar-refractivity contribution in [2.75, 3.05) is 64.9 Å². The van der Waals surface area contributed by atoms with Crippen molar-refractivity contribution in [3.05, 3.63) is 59.2 Å². The average molecular weight is 597 g/mol. The number of ether oxygens (including phenoxy) is 2. The van der Waals surface area contributed by atoms with E-state index in [4.69, 9.17) is 9.47 Å². The van der Waals surface area contributed by atoms with Gasteiger partial charge in [-0.15, -0.1) is 0 Å². The minimum atomic E-state index is -0.960. The SMILES string of the molecule is C[C@H](CO)N1C[C@H](C)[C@H](CN(C)Cc2ccc(C(=O)O)cc2)Oc2ccc(NC(=O)CCN3CCOCC3)cc2CC1=O. The minimum Gasteiger partial charge on any atom is -0.488 e. The van der Waals surface area contributed by atoms with Gasteiger partial charge in [-0.1, -0.05) is 19.1 Å². The van der Waals surface area contributed by atoms with Crippen LogP contribution in [0.1, 0.15) is 41.8 Å². The lowest BCUT2D eigenvalue weighted by Gasteiger charge is -2.34. The highest BCUT2D eigenvalue weighted by atomic mass is 16.5. The third kappa shape index (κ3) is 9.24. The lowest BCUT2D eigenvalue weighted by molar-refractivity contribution is -0.134. The number of hydrogen-bond donors (Lipinski definition) is 3. The van der Waals surface area contributed by atoms with Crippen molar-refractivity contribution < 1.29 is 34.1 Å². The van der Waals surface area contributed by atoms with Crippen LogP contribution in [0.3, 0.4) is 0 Å². The van der Waals surface area contributed by atoms with E-state index in [-0.39, 0.29) is 48.5 Å². The minimum absolute atomic E-state index is 0.0553. The molecule has 2 aliphatic heterocycles. The molecule has 2 aliphatic rings. The highest BCUT2D eigenvalue weighted by molar-refractivity contribution is 5.91. The number of nitrogens with one attached hydrogen (secondary N) is 1. The number of aliphatic hydroxyl groups excluding tert-OH is 1. The molecular weight excluding hydrogens is 552 g/mol. The molecule has 4 rings (SSSR count). The fourth-order valence-corrected chi connectivity index (χ4v) is 5.47. The molecule has 0 bridgehead atoms. The third-order valence-electron chi connectivity index (χ3n) is 8.10. The molecule has 0 unspecified atom stereocenters. The topological polar surface area (TPSA) is 132 Å². The number of morpholine rings is 1. The number of carbonyl (C=O) groups excluding carboxylic acids is 2. The van der Waals surface area contributed by atoms with Crippen LogP contribution in [0.2, 0.25) is 0 Å². The van der Waals surface area contributed by atoms with Crippen LogP contribution < -0.4 is 10.1 Å². The van der Waals surface area contributed by atoms with Gasteiger partial charge in [0, 0.05) is 62.9 Å². The molecule has 2 amide bonds. The normalized spacial score (nSPS) is 20.4. The molecular formula is C32H44N4O7. The fourth-order valence-electron chi connectivity index (χ4n) is 5.47. The predicted molar refractivity (Wildman–Crippen MR) is 162 cm³/mol. The number of carbonyl (C=O) groups is 3. The van der Waals surface area contributed by atoms with E-state index in [2.05, 4.69) is 15.1 Å². The van der Waals surface area contributed by atoms with Crippen molar-refractivity contribution in [1.82, 2.24) is 14.7 Å². The van der Waals surface area contributed by atoms with Gasteiger partial charge in [-0.3, -0.25) is 19.4 Å². The van der Waals surface area contributed by atoms with Gasteiger partial charge in [0.2, 0.25) is 11.8 Å². The summed E-state index contributed by atoms with van der Waals surface area (Å²) in [6, 6.07) is 11.9. The largest absolute Gasteiger partial charge is 0.488 e. The van der Waals surface area contributed by atoms with Crippen LogP contribution >= 0.6 is 0 Å². The van der Waals surface area contributed by atoms with E-state index in [1.54, 1.807) is 23.1 Å². The smallest absolute Gasteiger partial charge is 0.335 e. The van der Waals surface area contributed by atoms with E-state index in [9.17, 15) is 24.6 Å². The monoisotopic (exact) mass is 596 g/mol. The molecule has 0 saturated carbocycles. The van der Waals surface area contributed by atoms with Crippen LogP contribution in [0.5, 0.6) is 5.75 Å². The molecule has 0 aliphatic carbocycles. The Labute approximate surface area is 253 Å². The zero-order valence-electron chi connectivity index (χ0n) is 25.3. The second-order valence-electron chi connectivity index (χ2n) is 11.7. The molecule has 2 aromatic rings. The summed E-state index contributed by atoms with van der Waals surface area (Å²) in [6.07, 6.45) is 0.164. The average Bonchev–Trinajstić information content (AvgIpc) is 3.04. The molecule has 43 heavy (non-hydrogen) atoms. The standard InChI is InChI=1S/C32H44N4O7/c1-22-18-36(23(2)21-37)31(39)17-26-16-27(33-30(38)10-11-35-12-14-42-15-13-35)8-9-28(26)43-29(22)20-34(3)19-24-4-6-25(7-5-24)32(40)41/h4-9,16,22-23,29,37H,10-15,17-21H2,1-3H3,(H,33,38)(H,40,41)/t22-,23+,29-/m0/s1. The molecule has 0 aromatic heterocycles. The van der Waals surface area contributed by atoms with Crippen molar-refractivity contribution in [3.63, 3.8) is 0 Å². The Morgan fingerprint density at radius 3 is 2.53 bits per heavy atom. The summed E-state index contributed by atoms with van der Waals surface area (Å²) in [6.45, 7) is 8.95. The van der Waals surface area contributed by atoms with E-state index in [1.807, 2.05) is 45.2 Å². The Morgan fingerprint density at radius 2 is 1.86 bits per heavy atom.